The number of rotatable bonds is 8. The van der Waals surface area contributed by atoms with Gasteiger partial charge in [0.1, 0.15) is 0 Å². The first-order valence-corrected chi connectivity index (χ1v) is 24.0. The monoisotopic (exact) mass is 894 g/mol. The first kappa shape index (κ1) is 41.1. The van der Waals surface area contributed by atoms with Crippen molar-refractivity contribution in [2.24, 2.45) is 0 Å². The fraction of sp³-hybridized carbons (Fsp3) is 0.0303. The summed E-state index contributed by atoms with van der Waals surface area (Å²) in [5.74, 6) is 0. The molecule has 3 heterocycles. The molecule has 70 heavy (non-hydrogen) atoms. The zero-order chi connectivity index (χ0) is 46.5. The molecular weight excluding hydrogens is 849 g/mol. The third kappa shape index (κ3) is 6.23. The summed E-state index contributed by atoms with van der Waals surface area (Å²) in [5.41, 5.74) is 19.2. The Morgan fingerprint density at radius 1 is 0.243 bits per heavy atom. The van der Waals surface area contributed by atoms with Gasteiger partial charge in [0.2, 0.25) is 0 Å². The summed E-state index contributed by atoms with van der Waals surface area (Å²) in [7, 11) is 0. The lowest BCUT2D eigenvalue weighted by Crippen LogP contribution is -2.37. The Morgan fingerprint density at radius 3 is 0.757 bits per heavy atom. The number of benzene rings is 10. The highest BCUT2D eigenvalue weighted by Gasteiger charge is 2.47. The summed E-state index contributed by atoms with van der Waals surface area (Å²) in [6.45, 7) is 0. The molecule has 0 aliphatic carbocycles. The second kappa shape index (κ2) is 16.9. The predicted octanol–water partition coefficient (Wildman–Crippen LogP) is 16.1. The molecule has 11 aromatic rings. The maximum absolute atomic E-state index is 4.98. The number of hydrogen-bond acceptors (Lipinski definition) is 4. The Bertz CT molecular complexity index is 3230. The van der Waals surface area contributed by atoms with Crippen molar-refractivity contribution >= 4 is 34.1 Å². The van der Waals surface area contributed by atoms with Crippen LogP contribution in [0, 0.1) is 0 Å². The lowest BCUT2D eigenvalue weighted by Gasteiger charge is -2.46. The van der Waals surface area contributed by atoms with E-state index in [1.165, 1.54) is 44.5 Å². The zero-order valence-corrected chi connectivity index (χ0v) is 38.3. The highest BCUT2D eigenvalue weighted by molar-refractivity contribution is 5.92. The maximum Gasteiger partial charge on any atom is 0.0965 e. The Balaban J connectivity index is 0.878. The lowest BCUT2D eigenvalue weighted by molar-refractivity contribution is 0.731. The molecule has 2 aliphatic rings. The zero-order valence-electron chi connectivity index (χ0n) is 38.3. The number of fused-ring (bicyclic) bond motifs is 4. The van der Waals surface area contributed by atoms with Crippen LogP contribution in [0.1, 0.15) is 44.5 Å². The van der Waals surface area contributed by atoms with Gasteiger partial charge in [-0.2, -0.15) is 0 Å². The number of hydrogen-bond donors (Lipinski definition) is 0. The van der Waals surface area contributed by atoms with Gasteiger partial charge < -0.3 is 9.80 Å². The summed E-state index contributed by atoms with van der Waals surface area (Å²) in [4.78, 5) is 14.8. The Kier molecular flexibility index (Phi) is 9.91. The van der Waals surface area contributed by atoms with Crippen molar-refractivity contribution in [2.75, 3.05) is 9.80 Å². The molecule has 2 aliphatic heterocycles. The standard InChI is InChI=1S/C66H46N4/c1-5-21-49(22-6-1)65(50-23-7-2-8-24-50)55-29-13-17-33-59(55)69(60-34-18-14-30-56(60)65)53-41-37-47(38-42-53)63-64(68-46-45-67-63)48-39-43-54(44-40-48)70-61-35-19-15-31-57(61)66(51-25-9-3-10-26-51,52-27-11-4-12-28-52)58-32-16-20-36-62(58)70/h1-46H. The summed E-state index contributed by atoms with van der Waals surface area (Å²) in [6, 6.07) is 96.9. The Morgan fingerprint density at radius 2 is 0.486 bits per heavy atom. The number of nitrogens with zero attached hydrogens (tertiary/aromatic N) is 4. The SMILES string of the molecule is c1ccc(C2(c3ccccc3)c3ccccc3N(c3ccc(-c4nccnc4-c4ccc(N5c6ccccc6C(c6ccccc6)(c6ccccc6)c6ccccc65)cc4)cc3)c3ccccc32)cc1. The molecule has 0 bridgehead atoms. The van der Waals surface area contributed by atoms with Crippen LogP contribution in [0.3, 0.4) is 0 Å². The van der Waals surface area contributed by atoms with E-state index in [-0.39, 0.29) is 0 Å². The van der Waals surface area contributed by atoms with Gasteiger partial charge in [0.15, 0.2) is 0 Å². The third-order valence-electron chi connectivity index (χ3n) is 14.5. The molecule has 0 amide bonds. The maximum atomic E-state index is 4.98. The van der Waals surface area contributed by atoms with Crippen LogP contribution < -0.4 is 9.80 Å². The van der Waals surface area contributed by atoms with Crippen molar-refractivity contribution in [1.82, 2.24) is 9.97 Å². The summed E-state index contributed by atoms with van der Waals surface area (Å²) >= 11 is 0. The Hall–Kier alpha value is -9.12. The second-order valence-electron chi connectivity index (χ2n) is 18.1. The van der Waals surface area contributed by atoms with Crippen LogP contribution in [0.2, 0.25) is 0 Å². The number of para-hydroxylation sites is 4. The van der Waals surface area contributed by atoms with E-state index in [0.717, 1.165) is 56.6 Å². The van der Waals surface area contributed by atoms with Gasteiger partial charge in [-0.15, -0.1) is 0 Å². The first-order chi connectivity index (χ1) is 34.8. The summed E-state index contributed by atoms with van der Waals surface area (Å²) < 4.78 is 0. The van der Waals surface area contributed by atoms with Crippen molar-refractivity contribution in [3.8, 4) is 22.5 Å². The molecule has 0 unspecified atom stereocenters. The minimum Gasteiger partial charge on any atom is -0.310 e. The van der Waals surface area contributed by atoms with Gasteiger partial charge in [-0.25, -0.2) is 0 Å². The van der Waals surface area contributed by atoms with Gasteiger partial charge >= 0.3 is 0 Å². The molecule has 0 saturated heterocycles. The van der Waals surface area contributed by atoms with E-state index in [0.29, 0.717) is 0 Å². The van der Waals surface area contributed by atoms with Crippen LogP contribution in [0.25, 0.3) is 22.5 Å². The molecule has 13 rings (SSSR count). The molecular formula is C66H46N4. The van der Waals surface area contributed by atoms with Gasteiger partial charge in [0.05, 0.1) is 45.0 Å². The van der Waals surface area contributed by atoms with Crippen LogP contribution in [-0.2, 0) is 10.8 Å². The van der Waals surface area contributed by atoms with Crippen LogP contribution >= 0.6 is 0 Å². The van der Waals surface area contributed by atoms with E-state index >= 15 is 0 Å². The van der Waals surface area contributed by atoms with Gasteiger partial charge in [0.25, 0.3) is 0 Å². The largest absolute Gasteiger partial charge is 0.310 e. The van der Waals surface area contributed by atoms with Crippen molar-refractivity contribution in [2.45, 2.75) is 10.8 Å². The molecule has 0 spiro atoms. The smallest absolute Gasteiger partial charge is 0.0965 e. The topological polar surface area (TPSA) is 32.3 Å². The highest BCUT2D eigenvalue weighted by atomic mass is 15.2. The molecule has 0 N–H and O–H groups in total. The van der Waals surface area contributed by atoms with Crippen LogP contribution in [0.5, 0.6) is 0 Å². The van der Waals surface area contributed by atoms with Gasteiger partial charge in [-0.3, -0.25) is 9.97 Å². The molecule has 10 aromatic carbocycles. The van der Waals surface area contributed by atoms with E-state index in [1.54, 1.807) is 12.4 Å². The van der Waals surface area contributed by atoms with Crippen LogP contribution in [0.15, 0.2) is 279 Å². The highest BCUT2D eigenvalue weighted by Crippen LogP contribution is 2.59. The molecule has 4 nitrogen and oxygen atoms in total. The molecule has 0 atom stereocenters. The van der Waals surface area contributed by atoms with E-state index in [4.69, 9.17) is 9.97 Å². The minimum atomic E-state index is -0.522. The van der Waals surface area contributed by atoms with Crippen molar-refractivity contribution < 1.29 is 0 Å². The van der Waals surface area contributed by atoms with Crippen LogP contribution in [-0.4, -0.2) is 9.97 Å². The molecule has 330 valence electrons. The van der Waals surface area contributed by atoms with E-state index in [1.807, 2.05) is 0 Å². The van der Waals surface area contributed by atoms with E-state index < -0.39 is 10.8 Å². The average Bonchev–Trinajstić information content (AvgIpc) is 3.45. The fourth-order valence-corrected chi connectivity index (χ4v) is 11.7. The summed E-state index contributed by atoms with van der Waals surface area (Å²) in [6.07, 6.45) is 3.58. The minimum absolute atomic E-state index is 0.522. The number of aromatic nitrogens is 2. The molecule has 0 saturated carbocycles. The fourth-order valence-electron chi connectivity index (χ4n) is 11.7. The number of anilines is 6. The van der Waals surface area contributed by atoms with Gasteiger partial charge in [-0.05, 0) is 93.0 Å². The molecule has 4 heteroatoms. The van der Waals surface area contributed by atoms with Crippen molar-refractivity contribution in [3.63, 3.8) is 0 Å². The van der Waals surface area contributed by atoms with Crippen molar-refractivity contribution in [3.05, 3.63) is 324 Å². The average molecular weight is 895 g/mol. The molecule has 0 fully saturated rings. The molecule has 0 radical (unpaired) electrons. The third-order valence-corrected chi connectivity index (χ3v) is 14.5. The predicted molar refractivity (Wildman–Crippen MR) is 286 cm³/mol. The lowest BCUT2D eigenvalue weighted by atomic mass is 9.62. The van der Waals surface area contributed by atoms with Gasteiger partial charge in [-0.1, -0.05) is 218 Å². The van der Waals surface area contributed by atoms with Crippen molar-refractivity contribution in [1.29, 1.82) is 0 Å². The first-order valence-electron chi connectivity index (χ1n) is 24.0. The van der Waals surface area contributed by atoms with Crippen LogP contribution in [0.4, 0.5) is 34.1 Å². The van der Waals surface area contributed by atoms with E-state index in [9.17, 15) is 0 Å². The summed E-state index contributed by atoms with van der Waals surface area (Å²) in [5, 5.41) is 0. The normalized spacial score (nSPS) is 13.9. The second-order valence-corrected chi connectivity index (χ2v) is 18.1. The Labute approximate surface area is 409 Å². The van der Waals surface area contributed by atoms with Gasteiger partial charge in [0, 0.05) is 34.9 Å². The molecule has 1 aromatic heterocycles. The van der Waals surface area contributed by atoms with E-state index in [2.05, 4.69) is 277 Å². The quantitative estimate of drug-likeness (QED) is 0.152.